The smallest absolute Gasteiger partial charge is 0.248 e. The van der Waals surface area contributed by atoms with Gasteiger partial charge in [0.05, 0.1) is 24.5 Å². The van der Waals surface area contributed by atoms with E-state index in [4.69, 9.17) is 15.5 Å². The summed E-state index contributed by atoms with van der Waals surface area (Å²) in [6.07, 6.45) is 0.942. The van der Waals surface area contributed by atoms with Crippen molar-refractivity contribution in [3.05, 3.63) is 53.7 Å². The summed E-state index contributed by atoms with van der Waals surface area (Å²) in [6.45, 7) is 4.18. The van der Waals surface area contributed by atoms with Crippen LogP contribution in [0.25, 0.3) is 11.3 Å². The minimum atomic E-state index is -0.447. The zero-order valence-electron chi connectivity index (χ0n) is 15.7. The van der Waals surface area contributed by atoms with E-state index in [2.05, 4.69) is 4.90 Å². The molecule has 146 valence electrons. The van der Waals surface area contributed by atoms with Gasteiger partial charge in [-0.2, -0.15) is 0 Å². The molecule has 2 fully saturated rings. The number of carbonyl (C=O) groups excluding carboxylic acids is 2. The number of amides is 2. The maximum Gasteiger partial charge on any atom is 0.248 e. The fourth-order valence-corrected chi connectivity index (χ4v) is 3.48. The molecule has 0 saturated carbocycles. The molecule has 4 rings (SSSR count). The molecule has 0 aliphatic carbocycles. The quantitative estimate of drug-likeness (QED) is 0.848. The Bertz CT molecular complexity index is 864. The number of likely N-dealkylation sites (tertiary alicyclic amines) is 1. The number of hydrogen-bond donors (Lipinski definition) is 1. The molecular formula is C21H24N4O3. The van der Waals surface area contributed by atoms with Crippen LogP contribution in [0.2, 0.25) is 0 Å². The molecule has 0 bridgehead atoms. The Morgan fingerprint density at radius 3 is 2.57 bits per heavy atom. The first-order chi connectivity index (χ1) is 13.6. The predicted molar refractivity (Wildman–Crippen MR) is 105 cm³/mol. The van der Waals surface area contributed by atoms with E-state index in [1.165, 1.54) is 0 Å². The predicted octanol–water partition coefficient (Wildman–Crippen LogP) is 1.45. The van der Waals surface area contributed by atoms with Gasteiger partial charge in [0.25, 0.3) is 0 Å². The summed E-state index contributed by atoms with van der Waals surface area (Å²) in [7, 11) is 0. The van der Waals surface area contributed by atoms with Crippen LogP contribution in [0.3, 0.4) is 0 Å². The summed E-state index contributed by atoms with van der Waals surface area (Å²) in [5.74, 6) is -0.250. The third-order valence-electron chi connectivity index (χ3n) is 5.28. The number of nitrogens with two attached hydrogens (primary N) is 1. The van der Waals surface area contributed by atoms with Crippen LogP contribution in [0.15, 0.2) is 42.5 Å². The van der Waals surface area contributed by atoms with Crippen molar-refractivity contribution < 1.29 is 14.3 Å². The van der Waals surface area contributed by atoms with E-state index in [-0.39, 0.29) is 12.0 Å². The van der Waals surface area contributed by atoms with Gasteiger partial charge in [0.2, 0.25) is 11.8 Å². The van der Waals surface area contributed by atoms with Crippen LogP contribution in [-0.2, 0) is 9.53 Å². The van der Waals surface area contributed by atoms with Crippen LogP contribution in [0.1, 0.15) is 28.6 Å². The number of aromatic nitrogens is 1. The monoisotopic (exact) mass is 380 g/mol. The van der Waals surface area contributed by atoms with Gasteiger partial charge in [0.1, 0.15) is 6.10 Å². The van der Waals surface area contributed by atoms with Gasteiger partial charge in [0, 0.05) is 37.3 Å². The lowest BCUT2D eigenvalue weighted by Crippen LogP contribution is -2.49. The lowest BCUT2D eigenvalue weighted by atomic mass is 10.1. The molecule has 3 heterocycles. The van der Waals surface area contributed by atoms with Gasteiger partial charge in [-0.15, -0.1) is 0 Å². The Labute approximate surface area is 164 Å². The van der Waals surface area contributed by atoms with Crippen LogP contribution >= 0.6 is 0 Å². The van der Waals surface area contributed by atoms with Crippen molar-refractivity contribution in [1.82, 2.24) is 14.8 Å². The number of morpholine rings is 1. The largest absolute Gasteiger partial charge is 0.369 e. The second kappa shape index (κ2) is 8.08. The van der Waals surface area contributed by atoms with Gasteiger partial charge >= 0.3 is 0 Å². The molecular weight excluding hydrogens is 356 g/mol. The zero-order chi connectivity index (χ0) is 19.5. The maximum absolute atomic E-state index is 12.2. The Kier molecular flexibility index (Phi) is 5.36. The molecule has 28 heavy (non-hydrogen) atoms. The molecule has 1 unspecified atom stereocenters. The second-order valence-corrected chi connectivity index (χ2v) is 7.22. The molecule has 7 nitrogen and oxygen atoms in total. The Hall–Kier alpha value is -2.77. The van der Waals surface area contributed by atoms with Crippen molar-refractivity contribution in [3.8, 4) is 11.3 Å². The third kappa shape index (κ3) is 4.05. The number of carbonyl (C=O) groups is 2. The lowest BCUT2D eigenvalue weighted by Gasteiger charge is -2.36. The molecule has 2 aliphatic rings. The third-order valence-corrected chi connectivity index (χ3v) is 5.28. The fraction of sp³-hybridized carbons (Fsp3) is 0.381. The van der Waals surface area contributed by atoms with Crippen LogP contribution < -0.4 is 5.73 Å². The summed E-state index contributed by atoms with van der Waals surface area (Å²) in [4.78, 5) is 32.3. The van der Waals surface area contributed by atoms with E-state index in [9.17, 15) is 9.59 Å². The van der Waals surface area contributed by atoms with E-state index >= 15 is 0 Å². The average molecular weight is 380 g/mol. The first-order valence-electron chi connectivity index (χ1n) is 9.59. The molecule has 1 aromatic heterocycles. The second-order valence-electron chi connectivity index (χ2n) is 7.22. The molecule has 0 radical (unpaired) electrons. The number of hydrogen-bond acceptors (Lipinski definition) is 5. The number of nitrogens with zero attached hydrogens (tertiary/aromatic N) is 3. The molecule has 2 aromatic rings. The molecule has 1 aromatic carbocycles. The SMILES string of the molecule is NC(=O)c1ccc(-c2cccc(C3CN(CC(=O)N4CCC4)CCO3)n2)cc1. The topological polar surface area (TPSA) is 88.8 Å². The van der Waals surface area contributed by atoms with Crippen LogP contribution in [-0.4, -0.2) is 65.9 Å². The van der Waals surface area contributed by atoms with E-state index in [1.807, 2.05) is 35.2 Å². The highest BCUT2D eigenvalue weighted by Gasteiger charge is 2.27. The zero-order valence-corrected chi connectivity index (χ0v) is 15.7. The number of primary amides is 1. The van der Waals surface area contributed by atoms with Crippen molar-refractivity contribution >= 4 is 11.8 Å². The van der Waals surface area contributed by atoms with E-state index in [1.54, 1.807) is 12.1 Å². The summed E-state index contributed by atoms with van der Waals surface area (Å²) < 4.78 is 5.93. The van der Waals surface area contributed by atoms with Crippen molar-refractivity contribution in [2.75, 3.05) is 39.3 Å². The van der Waals surface area contributed by atoms with E-state index < -0.39 is 5.91 Å². The van der Waals surface area contributed by atoms with Crippen LogP contribution in [0.4, 0.5) is 0 Å². The standard InChI is InChI=1S/C21H24N4O3/c22-21(27)16-7-5-15(6-8-16)17-3-1-4-18(23-17)19-13-24(11-12-28-19)14-20(26)25-9-2-10-25/h1,3-8,19H,2,9-14H2,(H2,22,27). The first-order valence-corrected chi connectivity index (χ1v) is 9.59. The van der Waals surface area contributed by atoms with Gasteiger partial charge in [-0.05, 0) is 30.7 Å². The van der Waals surface area contributed by atoms with Crippen LogP contribution in [0, 0.1) is 0 Å². The lowest BCUT2D eigenvalue weighted by molar-refractivity contribution is -0.137. The van der Waals surface area contributed by atoms with Gasteiger partial charge in [-0.1, -0.05) is 18.2 Å². The van der Waals surface area contributed by atoms with Crippen molar-refractivity contribution in [3.63, 3.8) is 0 Å². The molecule has 7 heteroatoms. The first kappa shape index (κ1) is 18.6. The average Bonchev–Trinajstić information content (AvgIpc) is 2.67. The van der Waals surface area contributed by atoms with Crippen molar-refractivity contribution in [2.45, 2.75) is 12.5 Å². The highest BCUT2D eigenvalue weighted by Crippen LogP contribution is 2.24. The Morgan fingerprint density at radius 1 is 1.11 bits per heavy atom. The molecule has 2 N–H and O–H groups in total. The molecule has 2 aliphatic heterocycles. The Morgan fingerprint density at radius 2 is 1.89 bits per heavy atom. The summed E-state index contributed by atoms with van der Waals surface area (Å²) >= 11 is 0. The summed E-state index contributed by atoms with van der Waals surface area (Å²) in [6, 6.07) is 12.9. The van der Waals surface area contributed by atoms with Gasteiger partial charge in [-0.3, -0.25) is 19.5 Å². The highest BCUT2D eigenvalue weighted by atomic mass is 16.5. The fourth-order valence-electron chi connectivity index (χ4n) is 3.48. The number of rotatable bonds is 5. The van der Waals surface area contributed by atoms with Crippen molar-refractivity contribution in [1.29, 1.82) is 0 Å². The molecule has 2 saturated heterocycles. The van der Waals surface area contributed by atoms with Gasteiger partial charge < -0.3 is 15.4 Å². The van der Waals surface area contributed by atoms with Gasteiger partial charge in [-0.25, -0.2) is 0 Å². The number of pyridine rings is 1. The highest BCUT2D eigenvalue weighted by molar-refractivity contribution is 5.93. The van der Waals surface area contributed by atoms with E-state index in [0.29, 0.717) is 25.3 Å². The van der Waals surface area contributed by atoms with E-state index in [0.717, 1.165) is 43.0 Å². The Balaban J connectivity index is 1.45. The normalized spacial score (nSPS) is 19.9. The molecule has 1 atom stereocenters. The summed E-state index contributed by atoms with van der Waals surface area (Å²) in [5.41, 5.74) is 8.34. The minimum Gasteiger partial charge on any atom is -0.369 e. The maximum atomic E-state index is 12.2. The van der Waals surface area contributed by atoms with Crippen LogP contribution in [0.5, 0.6) is 0 Å². The van der Waals surface area contributed by atoms with Gasteiger partial charge in [0.15, 0.2) is 0 Å². The number of benzene rings is 1. The molecule has 2 amide bonds. The van der Waals surface area contributed by atoms with Crippen molar-refractivity contribution in [2.24, 2.45) is 5.73 Å². The number of ether oxygens (including phenoxy) is 1. The minimum absolute atomic E-state index is 0.164. The summed E-state index contributed by atoms with van der Waals surface area (Å²) in [5, 5.41) is 0. The molecule has 0 spiro atoms.